The first kappa shape index (κ1) is 17.2. The van der Waals surface area contributed by atoms with Crippen LogP contribution in [0.2, 0.25) is 0 Å². The zero-order valence-electron chi connectivity index (χ0n) is 14.1. The van der Waals surface area contributed by atoms with E-state index in [1.807, 2.05) is 12.1 Å². The zero-order valence-corrected chi connectivity index (χ0v) is 14.9. The summed E-state index contributed by atoms with van der Waals surface area (Å²) in [6, 6.07) is 15.6. The standard InChI is InChI=1S/C19H21N3O2S/c1-14-13-15(7-8-17(14)18(23)24)20-19(25)22-11-9-21(10-12-22)16-5-3-2-4-6-16/h2-8,13H,9-12H2,1H3,(H,20,25)(H,23,24). The zero-order chi connectivity index (χ0) is 17.8. The van der Waals surface area contributed by atoms with Gasteiger partial charge >= 0.3 is 5.97 Å². The SMILES string of the molecule is Cc1cc(NC(=S)N2CCN(c3ccccc3)CC2)ccc1C(=O)O. The van der Waals surface area contributed by atoms with Gasteiger partial charge in [0.2, 0.25) is 0 Å². The minimum Gasteiger partial charge on any atom is -0.478 e. The van der Waals surface area contributed by atoms with E-state index >= 15 is 0 Å². The van der Waals surface area contributed by atoms with Gasteiger partial charge in [-0.3, -0.25) is 0 Å². The fourth-order valence-corrected chi connectivity index (χ4v) is 3.29. The van der Waals surface area contributed by atoms with Crippen LogP contribution >= 0.6 is 12.2 Å². The summed E-state index contributed by atoms with van der Waals surface area (Å²) >= 11 is 5.52. The minimum absolute atomic E-state index is 0.313. The van der Waals surface area contributed by atoms with Gasteiger partial charge in [0.25, 0.3) is 0 Å². The maximum absolute atomic E-state index is 11.1. The third-order valence-corrected chi connectivity index (χ3v) is 4.76. The first-order valence-electron chi connectivity index (χ1n) is 8.24. The summed E-state index contributed by atoms with van der Waals surface area (Å²) in [6.07, 6.45) is 0. The quantitative estimate of drug-likeness (QED) is 0.825. The highest BCUT2D eigenvalue weighted by Crippen LogP contribution is 2.18. The van der Waals surface area contributed by atoms with Crippen LogP contribution in [-0.2, 0) is 0 Å². The van der Waals surface area contributed by atoms with Gasteiger partial charge in [0, 0.05) is 37.6 Å². The Labute approximate surface area is 152 Å². The number of carboxylic acid groups (broad SMARTS) is 1. The Morgan fingerprint density at radius 2 is 1.76 bits per heavy atom. The Morgan fingerprint density at radius 1 is 1.08 bits per heavy atom. The van der Waals surface area contributed by atoms with Crippen LogP contribution in [0.25, 0.3) is 0 Å². The Bertz CT molecular complexity index is 771. The number of piperazine rings is 1. The Kier molecular flexibility index (Phi) is 5.19. The number of carboxylic acids is 1. The third kappa shape index (κ3) is 4.09. The molecule has 1 fully saturated rings. The van der Waals surface area contributed by atoms with E-state index in [-0.39, 0.29) is 0 Å². The molecule has 0 radical (unpaired) electrons. The van der Waals surface area contributed by atoms with E-state index in [1.54, 1.807) is 19.1 Å². The normalized spacial score (nSPS) is 14.3. The molecule has 5 nitrogen and oxygen atoms in total. The average molecular weight is 355 g/mol. The van der Waals surface area contributed by atoms with Gasteiger partial charge in [0.05, 0.1) is 5.56 Å². The lowest BCUT2D eigenvalue weighted by molar-refractivity contribution is 0.0696. The maximum Gasteiger partial charge on any atom is 0.335 e. The number of anilines is 2. The number of carbonyl (C=O) groups is 1. The second kappa shape index (κ2) is 7.53. The van der Waals surface area contributed by atoms with Crippen LogP contribution in [0.4, 0.5) is 11.4 Å². The molecule has 0 atom stereocenters. The van der Waals surface area contributed by atoms with E-state index < -0.39 is 5.97 Å². The monoisotopic (exact) mass is 355 g/mol. The van der Waals surface area contributed by atoms with Crippen molar-refractivity contribution in [2.75, 3.05) is 36.4 Å². The number of nitrogens with zero attached hydrogens (tertiary/aromatic N) is 2. The molecule has 1 aliphatic heterocycles. The van der Waals surface area contributed by atoms with Crippen molar-refractivity contribution < 1.29 is 9.90 Å². The van der Waals surface area contributed by atoms with E-state index in [0.717, 1.165) is 31.9 Å². The average Bonchev–Trinajstić information content (AvgIpc) is 2.62. The lowest BCUT2D eigenvalue weighted by Crippen LogP contribution is -2.50. The molecule has 0 saturated carbocycles. The van der Waals surface area contributed by atoms with Crippen molar-refractivity contribution in [2.24, 2.45) is 0 Å². The Morgan fingerprint density at radius 3 is 2.36 bits per heavy atom. The lowest BCUT2D eigenvalue weighted by Gasteiger charge is -2.37. The first-order valence-corrected chi connectivity index (χ1v) is 8.65. The smallest absolute Gasteiger partial charge is 0.335 e. The minimum atomic E-state index is -0.913. The van der Waals surface area contributed by atoms with Crippen LogP contribution in [0.15, 0.2) is 48.5 Å². The number of hydrogen-bond acceptors (Lipinski definition) is 3. The summed E-state index contributed by atoms with van der Waals surface area (Å²) < 4.78 is 0. The maximum atomic E-state index is 11.1. The summed E-state index contributed by atoms with van der Waals surface area (Å²) in [7, 11) is 0. The summed E-state index contributed by atoms with van der Waals surface area (Å²) in [5.41, 5.74) is 3.08. The van der Waals surface area contributed by atoms with Crippen molar-refractivity contribution in [2.45, 2.75) is 6.92 Å². The number of thiocarbonyl (C=S) groups is 1. The topological polar surface area (TPSA) is 55.8 Å². The molecule has 2 aromatic rings. The molecule has 1 heterocycles. The molecule has 0 bridgehead atoms. The molecule has 2 aromatic carbocycles. The molecule has 0 aromatic heterocycles. The van der Waals surface area contributed by atoms with Gasteiger partial charge in [-0.05, 0) is 55.0 Å². The largest absolute Gasteiger partial charge is 0.478 e. The number of rotatable bonds is 3. The van der Waals surface area contributed by atoms with Gasteiger partial charge in [-0.1, -0.05) is 18.2 Å². The summed E-state index contributed by atoms with van der Waals surface area (Å²) in [4.78, 5) is 15.6. The van der Waals surface area contributed by atoms with Crippen molar-refractivity contribution in [3.8, 4) is 0 Å². The molecule has 0 aliphatic carbocycles. The van der Waals surface area contributed by atoms with Gasteiger partial charge in [0.15, 0.2) is 5.11 Å². The molecule has 1 aliphatic rings. The third-order valence-electron chi connectivity index (χ3n) is 4.40. The highest BCUT2D eigenvalue weighted by molar-refractivity contribution is 7.80. The van der Waals surface area contributed by atoms with E-state index in [2.05, 4.69) is 39.4 Å². The number of benzene rings is 2. The highest BCUT2D eigenvalue weighted by atomic mass is 32.1. The van der Waals surface area contributed by atoms with Crippen molar-refractivity contribution in [1.82, 2.24) is 4.90 Å². The molecule has 130 valence electrons. The van der Waals surface area contributed by atoms with Crippen molar-refractivity contribution in [3.05, 3.63) is 59.7 Å². The fraction of sp³-hybridized carbons (Fsp3) is 0.263. The van der Waals surface area contributed by atoms with Gasteiger partial charge in [-0.2, -0.15) is 0 Å². The molecule has 6 heteroatoms. The summed E-state index contributed by atoms with van der Waals surface area (Å²) in [5, 5.41) is 13.0. The second-order valence-corrected chi connectivity index (χ2v) is 6.46. The van der Waals surface area contributed by atoms with Crippen LogP contribution in [0.3, 0.4) is 0 Å². The number of hydrogen-bond donors (Lipinski definition) is 2. The summed E-state index contributed by atoms with van der Waals surface area (Å²) in [6.45, 7) is 5.34. The van der Waals surface area contributed by atoms with E-state index in [9.17, 15) is 4.79 Å². The van der Waals surface area contributed by atoms with Crippen LogP contribution in [0, 0.1) is 6.92 Å². The molecule has 0 amide bonds. The molecule has 25 heavy (non-hydrogen) atoms. The van der Waals surface area contributed by atoms with Crippen LogP contribution < -0.4 is 10.2 Å². The number of aromatic carboxylic acids is 1. The predicted molar refractivity (Wildman–Crippen MR) is 105 cm³/mol. The van der Waals surface area contributed by atoms with Crippen LogP contribution in [-0.4, -0.2) is 47.3 Å². The molecule has 0 spiro atoms. The van der Waals surface area contributed by atoms with Gasteiger partial charge in [-0.25, -0.2) is 4.79 Å². The van der Waals surface area contributed by atoms with Crippen molar-refractivity contribution >= 4 is 34.7 Å². The molecule has 2 N–H and O–H groups in total. The Hall–Kier alpha value is -2.60. The fourth-order valence-electron chi connectivity index (χ4n) is 2.99. The first-order chi connectivity index (χ1) is 12.0. The second-order valence-electron chi connectivity index (χ2n) is 6.07. The van der Waals surface area contributed by atoms with Crippen molar-refractivity contribution in [3.63, 3.8) is 0 Å². The molecule has 0 unspecified atom stereocenters. The van der Waals surface area contributed by atoms with E-state index in [0.29, 0.717) is 16.2 Å². The molecular weight excluding hydrogens is 334 g/mol. The number of nitrogens with one attached hydrogen (secondary N) is 1. The predicted octanol–water partition coefficient (Wildman–Crippen LogP) is 3.21. The van der Waals surface area contributed by atoms with E-state index in [4.69, 9.17) is 17.3 Å². The number of para-hydroxylation sites is 1. The van der Waals surface area contributed by atoms with E-state index in [1.165, 1.54) is 5.69 Å². The van der Waals surface area contributed by atoms with Gasteiger partial charge in [0.1, 0.15) is 0 Å². The highest BCUT2D eigenvalue weighted by Gasteiger charge is 2.19. The van der Waals surface area contributed by atoms with Gasteiger partial charge < -0.3 is 20.2 Å². The summed E-state index contributed by atoms with van der Waals surface area (Å²) in [5.74, 6) is -0.913. The molecule has 3 rings (SSSR count). The lowest BCUT2D eigenvalue weighted by atomic mass is 10.1. The van der Waals surface area contributed by atoms with Crippen LogP contribution in [0.5, 0.6) is 0 Å². The van der Waals surface area contributed by atoms with Gasteiger partial charge in [-0.15, -0.1) is 0 Å². The molecular formula is C19H21N3O2S. The number of aryl methyl sites for hydroxylation is 1. The van der Waals surface area contributed by atoms with Crippen molar-refractivity contribution in [1.29, 1.82) is 0 Å². The van der Waals surface area contributed by atoms with Crippen LogP contribution in [0.1, 0.15) is 15.9 Å². The molecule has 1 saturated heterocycles. The Balaban J connectivity index is 1.58.